The SMILES string of the molecule is CCOC(=O)c1c(NC(=O)C(C)Sc2nnc(CNC(=O)c3c(F)cccc3Cl)n2C)sc2c1CCC2. The summed E-state index contributed by atoms with van der Waals surface area (Å²) in [4.78, 5) is 39.1. The van der Waals surface area contributed by atoms with Gasteiger partial charge in [0.25, 0.3) is 5.91 Å². The van der Waals surface area contributed by atoms with Gasteiger partial charge in [0.15, 0.2) is 11.0 Å². The number of anilines is 1. The van der Waals surface area contributed by atoms with E-state index in [-0.39, 0.29) is 29.6 Å². The number of rotatable bonds is 9. The van der Waals surface area contributed by atoms with Gasteiger partial charge in [-0.25, -0.2) is 9.18 Å². The van der Waals surface area contributed by atoms with Gasteiger partial charge >= 0.3 is 5.97 Å². The fourth-order valence-electron chi connectivity index (χ4n) is 3.90. The Kier molecular flexibility index (Phi) is 8.50. The van der Waals surface area contributed by atoms with Gasteiger partial charge in [0.05, 0.1) is 34.6 Å². The maximum atomic E-state index is 14.0. The van der Waals surface area contributed by atoms with Crippen molar-refractivity contribution in [2.75, 3.05) is 11.9 Å². The third kappa shape index (κ3) is 5.81. The Morgan fingerprint density at radius 2 is 2.05 bits per heavy atom. The molecule has 0 fully saturated rings. The van der Waals surface area contributed by atoms with Gasteiger partial charge < -0.3 is 19.9 Å². The van der Waals surface area contributed by atoms with Crippen LogP contribution in [0.5, 0.6) is 0 Å². The highest BCUT2D eigenvalue weighted by molar-refractivity contribution is 8.00. The molecule has 2 N–H and O–H groups in total. The predicted molar refractivity (Wildman–Crippen MR) is 140 cm³/mol. The van der Waals surface area contributed by atoms with Crippen molar-refractivity contribution in [2.45, 2.75) is 50.1 Å². The first-order chi connectivity index (χ1) is 17.7. The molecule has 196 valence electrons. The van der Waals surface area contributed by atoms with E-state index in [1.807, 2.05) is 0 Å². The first-order valence-corrected chi connectivity index (χ1v) is 13.7. The zero-order valence-electron chi connectivity index (χ0n) is 20.4. The van der Waals surface area contributed by atoms with Gasteiger partial charge in [-0.3, -0.25) is 9.59 Å². The highest BCUT2D eigenvalue weighted by atomic mass is 35.5. The highest BCUT2D eigenvalue weighted by Crippen LogP contribution is 2.40. The van der Waals surface area contributed by atoms with Crippen LogP contribution >= 0.6 is 34.7 Å². The first-order valence-electron chi connectivity index (χ1n) is 11.6. The molecule has 2 aromatic heterocycles. The Morgan fingerprint density at radius 1 is 1.27 bits per heavy atom. The van der Waals surface area contributed by atoms with Crippen molar-refractivity contribution < 1.29 is 23.5 Å². The normalized spacial score (nSPS) is 13.2. The van der Waals surface area contributed by atoms with Gasteiger partial charge in [0, 0.05) is 11.9 Å². The number of carbonyl (C=O) groups excluding carboxylic acids is 3. The van der Waals surface area contributed by atoms with Gasteiger partial charge in [-0.1, -0.05) is 29.4 Å². The molecule has 1 aliphatic carbocycles. The molecule has 9 nitrogen and oxygen atoms in total. The summed E-state index contributed by atoms with van der Waals surface area (Å²) in [5, 5.41) is 14.1. The number of ether oxygens (including phenoxy) is 1. The smallest absolute Gasteiger partial charge is 0.341 e. The lowest BCUT2D eigenvalue weighted by molar-refractivity contribution is -0.115. The van der Waals surface area contributed by atoms with Crippen LogP contribution in [-0.2, 0) is 36.0 Å². The zero-order valence-corrected chi connectivity index (χ0v) is 22.8. The Hall–Kier alpha value is -2.96. The summed E-state index contributed by atoms with van der Waals surface area (Å²) in [7, 11) is 1.70. The topological polar surface area (TPSA) is 115 Å². The molecule has 4 rings (SSSR count). The van der Waals surface area contributed by atoms with E-state index in [0.717, 1.165) is 35.8 Å². The fourth-order valence-corrected chi connectivity index (χ4v) is 6.26. The molecule has 37 heavy (non-hydrogen) atoms. The van der Waals surface area contributed by atoms with Crippen molar-refractivity contribution in [2.24, 2.45) is 7.05 Å². The first kappa shape index (κ1) is 27.1. The number of nitrogens with one attached hydrogen (secondary N) is 2. The van der Waals surface area contributed by atoms with Crippen LogP contribution in [-0.4, -0.2) is 44.4 Å². The molecule has 3 aromatic rings. The van der Waals surface area contributed by atoms with Crippen LogP contribution in [0.15, 0.2) is 23.4 Å². The average molecular weight is 566 g/mol. The summed E-state index contributed by atoms with van der Waals surface area (Å²) < 4.78 is 20.9. The lowest BCUT2D eigenvalue weighted by Gasteiger charge is -2.12. The van der Waals surface area contributed by atoms with Gasteiger partial charge in [-0.05, 0) is 50.8 Å². The maximum Gasteiger partial charge on any atom is 0.341 e. The molecule has 0 saturated carbocycles. The van der Waals surface area contributed by atoms with Crippen molar-refractivity contribution in [3.05, 3.63) is 56.4 Å². The molecule has 2 amide bonds. The molecule has 0 aliphatic heterocycles. The van der Waals surface area contributed by atoms with Crippen LogP contribution < -0.4 is 10.6 Å². The Labute approximate surface area is 226 Å². The zero-order chi connectivity index (χ0) is 26.7. The predicted octanol–water partition coefficient (Wildman–Crippen LogP) is 4.38. The number of hydrogen-bond donors (Lipinski definition) is 2. The highest BCUT2D eigenvalue weighted by Gasteiger charge is 2.29. The average Bonchev–Trinajstić information content (AvgIpc) is 3.53. The largest absolute Gasteiger partial charge is 0.462 e. The number of aromatic nitrogens is 3. The molecule has 1 aromatic carbocycles. The summed E-state index contributed by atoms with van der Waals surface area (Å²) >= 11 is 8.55. The molecule has 13 heteroatoms. The molecule has 1 atom stereocenters. The molecular weight excluding hydrogens is 541 g/mol. The number of aryl methyl sites for hydroxylation is 1. The second-order valence-electron chi connectivity index (χ2n) is 8.27. The number of thiophene rings is 1. The van der Waals surface area contributed by atoms with Gasteiger partial charge in [0.1, 0.15) is 10.8 Å². The van der Waals surface area contributed by atoms with Crippen molar-refractivity contribution >= 4 is 57.5 Å². The summed E-state index contributed by atoms with van der Waals surface area (Å²) in [5.41, 5.74) is 1.18. The minimum absolute atomic E-state index is 0.00799. The number of esters is 1. The molecular formula is C24H25ClFN5O4S2. The summed E-state index contributed by atoms with van der Waals surface area (Å²) in [6.45, 7) is 3.71. The Balaban J connectivity index is 1.40. The second-order valence-corrected chi connectivity index (χ2v) is 11.1. The van der Waals surface area contributed by atoms with Crippen LogP contribution in [0, 0.1) is 5.82 Å². The standard InChI is InChI=1S/C24H25ClFN5O4S2/c1-4-35-23(34)18-13-7-5-10-16(13)37-22(18)28-20(32)12(2)36-24-30-29-17(31(24)3)11-27-21(33)19-14(25)8-6-9-15(19)26/h6,8-9,12H,4-5,7,10-11H2,1-3H3,(H,27,33)(H,28,32). The van der Waals surface area contributed by atoms with E-state index in [9.17, 15) is 18.8 Å². The maximum absolute atomic E-state index is 14.0. The van der Waals surface area contributed by atoms with Crippen molar-refractivity contribution in [3.63, 3.8) is 0 Å². The number of hydrogen-bond acceptors (Lipinski definition) is 8. The fraction of sp³-hybridized carbons (Fsp3) is 0.375. The van der Waals surface area contributed by atoms with Gasteiger partial charge in [0.2, 0.25) is 5.91 Å². The van der Waals surface area contributed by atoms with E-state index in [0.29, 0.717) is 21.5 Å². The number of amides is 2. The van der Waals surface area contributed by atoms with E-state index >= 15 is 0 Å². The Bertz CT molecular complexity index is 1340. The van der Waals surface area contributed by atoms with Crippen LogP contribution in [0.1, 0.15) is 57.2 Å². The lowest BCUT2D eigenvalue weighted by Crippen LogP contribution is -2.26. The number of carbonyl (C=O) groups is 3. The number of fused-ring (bicyclic) bond motifs is 1. The number of thioether (sulfide) groups is 1. The van der Waals surface area contributed by atoms with Crippen molar-refractivity contribution in [1.29, 1.82) is 0 Å². The van der Waals surface area contributed by atoms with E-state index in [1.165, 1.54) is 35.2 Å². The monoisotopic (exact) mass is 565 g/mol. The van der Waals surface area contributed by atoms with Gasteiger partial charge in [-0.2, -0.15) is 0 Å². The molecule has 0 bridgehead atoms. The molecule has 2 heterocycles. The number of halogens is 2. The Morgan fingerprint density at radius 3 is 2.78 bits per heavy atom. The lowest BCUT2D eigenvalue weighted by atomic mass is 10.1. The third-order valence-electron chi connectivity index (χ3n) is 5.81. The van der Waals surface area contributed by atoms with Crippen LogP contribution in [0.3, 0.4) is 0 Å². The van der Waals surface area contributed by atoms with Gasteiger partial charge in [-0.15, -0.1) is 21.5 Å². The van der Waals surface area contributed by atoms with E-state index in [2.05, 4.69) is 20.8 Å². The molecule has 1 unspecified atom stereocenters. The van der Waals surface area contributed by atoms with Crippen molar-refractivity contribution in [1.82, 2.24) is 20.1 Å². The number of nitrogens with zero attached hydrogens (tertiary/aromatic N) is 3. The number of benzene rings is 1. The van der Waals surface area contributed by atoms with E-state index < -0.39 is 22.9 Å². The van der Waals surface area contributed by atoms with Crippen LogP contribution in [0.4, 0.5) is 9.39 Å². The summed E-state index contributed by atoms with van der Waals surface area (Å²) in [6, 6.07) is 4.01. The third-order valence-corrected chi connectivity index (χ3v) is 8.47. The quantitative estimate of drug-likeness (QED) is 0.292. The summed E-state index contributed by atoms with van der Waals surface area (Å²) in [5.74, 6) is -1.69. The van der Waals surface area contributed by atoms with E-state index in [4.69, 9.17) is 16.3 Å². The minimum atomic E-state index is -0.721. The minimum Gasteiger partial charge on any atom is -0.462 e. The van der Waals surface area contributed by atoms with Crippen LogP contribution in [0.2, 0.25) is 5.02 Å². The molecule has 0 radical (unpaired) electrons. The molecule has 0 spiro atoms. The van der Waals surface area contributed by atoms with Crippen LogP contribution in [0.25, 0.3) is 0 Å². The van der Waals surface area contributed by atoms with Crippen molar-refractivity contribution in [3.8, 4) is 0 Å². The molecule has 1 aliphatic rings. The van der Waals surface area contributed by atoms with E-state index in [1.54, 1.807) is 25.5 Å². The second kappa shape index (κ2) is 11.6. The molecule has 0 saturated heterocycles. The summed E-state index contributed by atoms with van der Waals surface area (Å²) in [6.07, 6.45) is 2.66.